The quantitative estimate of drug-likeness (QED) is 0.695. The van der Waals surface area contributed by atoms with Gasteiger partial charge < -0.3 is 5.32 Å². The molecule has 21 heavy (non-hydrogen) atoms. The monoisotopic (exact) mass is 319 g/mol. The van der Waals surface area contributed by atoms with E-state index in [1.54, 1.807) is 11.8 Å². The Bertz CT molecular complexity index is 610. The van der Waals surface area contributed by atoms with E-state index in [0.717, 1.165) is 24.5 Å². The van der Waals surface area contributed by atoms with Gasteiger partial charge in [-0.3, -0.25) is 0 Å². The Hall–Kier alpha value is -0.960. The van der Waals surface area contributed by atoms with Crippen molar-refractivity contribution in [3.8, 4) is 0 Å². The molecule has 0 atom stereocenters. The molecule has 0 heterocycles. The third-order valence-electron chi connectivity index (χ3n) is 3.48. The summed E-state index contributed by atoms with van der Waals surface area (Å²) in [5, 5.41) is 4.25. The molecular weight excluding hydrogens is 298 g/mol. The van der Waals surface area contributed by atoms with Crippen LogP contribution < -0.4 is 5.32 Å². The van der Waals surface area contributed by atoms with Crippen molar-refractivity contribution in [1.82, 2.24) is 5.32 Å². The van der Waals surface area contributed by atoms with E-state index in [1.165, 1.54) is 26.5 Å². The largest absolute Gasteiger partial charge is 0.313 e. The van der Waals surface area contributed by atoms with Crippen LogP contribution in [0.2, 0.25) is 5.02 Å². The second-order valence-electron chi connectivity index (χ2n) is 5.28. The van der Waals surface area contributed by atoms with E-state index < -0.39 is 0 Å². The van der Waals surface area contributed by atoms with Gasteiger partial charge in [-0.05, 0) is 67.8 Å². The van der Waals surface area contributed by atoms with Gasteiger partial charge in [0.05, 0.1) is 0 Å². The fourth-order valence-electron chi connectivity index (χ4n) is 2.07. The number of hydrogen-bond acceptors (Lipinski definition) is 2. The van der Waals surface area contributed by atoms with Crippen LogP contribution in [0, 0.1) is 13.8 Å². The first-order chi connectivity index (χ1) is 10.1. The van der Waals surface area contributed by atoms with Crippen LogP contribution in [0.3, 0.4) is 0 Å². The summed E-state index contributed by atoms with van der Waals surface area (Å²) in [6.45, 7) is 8.40. The normalized spacial score (nSPS) is 10.9. The van der Waals surface area contributed by atoms with Crippen molar-refractivity contribution in [2.45, 2.75) is 43.5 Å². The second-order valence-corrected chi connectivity index (χ2v) is 6.83. The Labute approximate surface area is 137 Å². The van der Waals surface area contributed by atoms with Crippen molar-refractivity contribution < 1.29 is 0 Å². The number of nitrogens with one attached hydrogen (secondary N) is 1. The van der Waals surface area contributed by atoms with Crippen LogP contribution in [-0.2, 0) is 6.54 Å². The van der Waals surface area contributed by atoms with Gasteiger partial charge in [0.2, 0.25) is 0 Å². The average Bonchev–Trinajstić information content (AvgIpc) is 2.45. The molecule has 0 radical (unpaired) electrons. The van der Waals surface area contributed by atoms with Crippen LogP contribution in [0.25, 0.3) is 0 Å². The Kier molecular flexibility index (Phi) is 6.16. The second kappa shape index (κ2) is 7.88. The summed E-state index contributed by atoms with van der Waals surface area (Å²) in [5.41, 5.74) is 3.96. The molecule has 0 fully saturated rings. The molecule has 0 aliphatic heterocycles. The van der Waals surface area contributed by atoms with E-state index in [1.807, 2.05) is 6.07 Å². The Morgan fingerprint density at radius 1 is 1.05 bits per heavy atom. The standard InChI is InChI=1S/C18H22ClNS/c1-4-9-20-12-15-6-7-16(19)11-18(15)21-17-8-5-13(2)14(3)10-17/h5-8,10-11,20H,4,9,12H2,1-3H3. The van der Waals surface area contributed by atoms with E-state index >= 15 is 0 Å². The molecular formula is C18H22ClNS. The predicted octanol–water partition coefficient (Wildman–Crippen LogP) is 5.61. The molecule has 2 aromatic rings. The van der Waals surface area contributed by atoms with Gasteiger partial charge in [-0.1, -0.05) is 42.4 Å². The highest BCUT2D eigenvalue weighted by Crippen LogP contribution is 2.33. The maximum absolute atomic E-state index is 6.17. The van der Waals surface area contributed by atoms with Gasteiger partial charge in [0, 0.05) is 21.4 Å². The summed E-state index contributed by atoms with van der Waals surface area (Å²) in [4.78, 5) is 2.49. The van der Waals surface area contributed by atoms with Crippen molar-refractivity contribution in [3.63, 3.8) is 0 Å². The molecule has 0 aromatic heterocycles. The van der Waals surface area contributed by atoms with Gasteiger partial charge in [-0.2, -0.15) is 0 Å². The van der Waals surface area contributed by atoms with E-state index in [2.05, 4.69) is 56.4 Å². The topological polar surface area (TPSA) is 12.0 Å². The Balaban J connectivity index is 2.20. The van der Waals surface area contributed by atoms with E-state index in [-0.39, 0.29) is 0 Å². The van der Waals surface area contributed by atoms with Gasteiger partial charge in [0.1, 0.15) is 0 Å². The smallest absolute Gasteiger partial charge is 0.0417 e. The zero-order valence-electron chi connectivity index (χ0n) is 12.9. The first kappa shape index (κ1) is 16.4. The fourth-order valence-corrected chi connectivity index (χ4v) is 3.39. The lowest BCUT2D eigenvalue weighted by Crippen LogP contribution is -2.14. The number of benzene rings is 2. The maximum atomic E-state index is 6.17. The molecule has 0 amide bonds. The van der Waals surface area contributed by atoms with Crippen LogP contribution in [0.1, 0.15) is 30.0 Å². The SMILES string of the molecule is CCCNCc1ccc(Cl)cc1Sc1ccc(C)c(C)c1. The van der Waals surface area contributed by atoms with E-state index in [9.17, 15) is 0 Å². The van der Waals surface area contributed by atoms with Gasteiger partial charge in [-0.25, -0.2) is 0 Å². The van der Waals surface area contributed by atoms with Crippen molar-refractivity contribution in [2.24, 2.45) is 0 Å². The molecule has 1 nitrogen and oxygen atoms in total. The molecule has 0 aliphatic rings. The highest BCUT2D eigenvalue weighted by molar-refractivity contribution is 7.99. The number of halogens is 1. The molecule has 2 rings (SSSR count). The highest BCUT2D eigenvalue weighted by atomic mass is 35.5. The first-order valence-electron chi connectivity index (χ1n) is 7.34. The van der Waals surface area contributed by atoms with Crippen LogP contribution in [0.15, 0.2) is 46.2 Å². The number of hydrogen-bond donors (Lipinski definition) is 1. The first-order valence-corrected chi connectivity index (χ1v) is 8.54. The molecule has 0 aliphatic carbocycles. The van der Waals surface area contributed by atoms with Gasteiger partial charge in [0.25, 0.3) is 0 Å². The average molecular weight is 320 g/mol. The molecule has 0 bridgehead atoms. The predicted molar refractivity (Wildman–Crippen MR) is 93.5 cm³/mol. The Morgan fingerprint density at radius 3 is 2.57 bits per heavy atom. The molecule has 0 unspecified atom stereocenters. The lowest BCUT2D eigenvalue weighted by molar-refractivity contribution is 0.669. The molecule has 112 valence electrons. The van der Waals surface area contributed by atoms with Gasteiger partial charge >= 0.3 is 0 Å². The molecule has 0 saturated carbocycles. The molecule has 0 saturated heterocycles. The van der Waals surface area contributed by atoms with E-state index in [4.69, 9.17) is 11.6 Å². The number of rotatable bonds is 6. The third kappa shape index (κ3) is 4.77. The summed E-state index contributed by atoms with van der Waals surface area (Å²) in [5.74, 6) is 0. The molecule has 0 spiro atoms. The molecule has 2 aromatic carbocycles. The summed E-state index contributed by atoms with van der Waals surface area (Å²) >= 11 is 7.95. The van der Waals surface area contributed by atoms with Crippen LogP contribution in [-0.4, -0.2) is 6.54 Å². The highest BCUT2D eigenvalue weighted by Gasteiger charge is 2.06. The van der Waals surface area contributed by atoms with Gasteiger partial charge in [0.15, 0.2) is 0 Å². The summed E-state index contributed by atoms with van der Waals surface area (Å²) in [6, 6.07) is 12.7. The third-order valence-corrected chi connectivity index (χ3v) is 4.80. The lowest BCUT2D eigenvalue weighted by Gasteiger charge is -2.11. The van der Waals surface area contributed by atoms with Crippen LogP contribution in [0.4, 0.5) is 0 Å². The van der Waals surface area contributed by atoms with E-state index in [0.29, 0.717) is 0 Å². The van der Waals surface area contributed by atoms with Crippen molar-refractivity contribution in [3.05, 3.63) is 58.1 Å². The van der Waals surface area contributed by atoms with Crippen LogP contribution in [0.5, 0.6) is 0 Å². The molecule has 1 N–H and O–H groups in total. The van der Waals surface area contributed by atoms with Crippen molar-refractivity contribution in [2.75, 3.05) is 6.54 Å². The van der Waals surface area contributed by atoms with Crippen molar-refractivity contribution >= 4 is 23.4 Å². The zero-order valence-corrected chi connectivity index (χ0v) is 14.4. The van der Waals surface area contributed by atoms with Crippen LogP contribution >= 0.6 is 23.4 Å². The minimum absolute atomic E-state index is 0.792. The summed E-state index contributed by atoms with van der Waals surface area (Å²) in [7, 11) is 0. The zero-order chi connectivity index (χ0) is 15.2. The maximum Gasteiger partial charge on any atom is 0.0417 e. The fraction of sp³-hybridized carbons (Fsp3) is 0.333. The lowest BCUT2D eigenvalue weighted by atomic mass is 10.1. The minimum Gasteiger partial charge on any atom is -0.313 e. The minimum atomic E-state index is 0.792. The Morgan fingerprint density at radius 2 is 1.86 bits per heavy atom. The number of aryl methyl sites for hydroxylation is 2. The summed E-state index contributed by atoms with van der Waals surface area (Å²) < 4.78 is 0. The summed E-state index contributed by atoms with van der Waals surface area (Å²) in [6.07, 6.45) is 1.15. The van der Waals surface area contributed by atoms with Gasteiger partial charge in [-0.15, -0.1) is 0 Å². The molecule has 3 heteroatoms. The van der Waals surface area contributed by atoms with Crippen molar-refractivity contribution in [1.29, 1.82) is 0 Å².